The van der Waals surface area contributed by atoms with Crippen molar-refractivity contribution in [3.63, 3.8) is 0 Å². The van der Waals surface area contributed by atoms with Gasteiger partial charge in [0, 0.05) is 12.8 Å². The molecule has 0 aromatic rings. The highest BCUT2D eigenvalue weighted by molar-refractivity contribution is 5.70. The molecule has 11 atom stereocenters. The fourth-order valence-electron chi connectivity index (χ4n) is 7.12. The quantitative estimate of drug-likeness (QED) is 0.0209. The van der Waals surface area contributed by atoms with Crippen LogP contribution >= 0.6 is 0 Å². The fraction of sp³-hybridized carbons (Fsp3) is 0.725. The number of carbonyl (C=O) groups is 2. The molecule has 0 saturated carbocycles. The van der Waals surface area contributed by atoms with Gasteiger partial charge in [0.1, 0.15) is 55.4 Å². The first-order chi connectivity index (χ1) is 32.0. The first kappa shape index (κ1) is 59.1. The van der Waals surface area contributed by atoms with E-state index in [-0.39, 0.29) is 19.4 Å². The second-order valence-corrected chi connectivity index (χ2v) is 16.9. The molecular formula is C51H84O15. The Morgan fingerprint density at radius 3 is 1.53 bits per heavy atom. The molecule has 0 aromatic heterocycles. The molecule has 2 saturated heterocycles. The van der Waals surface area contributed by atoms with Gasteiger partial charge < -0.3 is 64.2 Å². The molecule has 66 heavy (non-hydrogen) atoms. The lowest BCUT2D eigenvalue weighted by molar-refractivity contribution is -0.332. The summed E-state index contributed by atoms with van der Waals surface area (Å²) in [7, 11) is 0. The van der Waals surface area contributed by atoms with Crippen molar-refractivity contribution >= 4 is 11.9 Å². The van der Waals surface area contributed by atoms with Gasteiger partial charge in [0.05, 0.1) is 19.8 Å². The summed E-state index contributed by atoms with van der Waals surface area (Å²) in [6.07, 6.45) is 26.5. The highest BCUT2D eigenvalue weighted by Gasteiger charge is 2.47. The van der Waals surface area contributed by atoms with Crippen LogP contribution in [0.3, 0.4) is 0 Å². The lowest BCUT2D eigenvalue weighted by atomic mass is 9.98. The van der Waals surface area contributed by atoms with E-state index in [0.29, 0.717) is 12.8 Å². The molecule has 15 heteroatoms. The van der Waals surface area contributed by atoms with Crippen molar-refractivity contribution in [2.75, 3.05) is 26.4 Å². The number of hydrogen-bond donors (Lipinski definition) is 7. The second kappa shape index (κ2) is 37.9. The average Bonchev–Trinajstić information content (AvgIpc) is 3.31. The topological polar surface area (TPSA) is 231 Å². The van der Waals surface area contributed by atoms with Gasteiger partial charge in [0.2, 0.25) is 0 Å². The SMILES string of the molecule is CC/C=C/C/C=C/C/C=C/C/C=C/CCCCC(=O)OC[C@H](CO[C@@H]1O[C@H](CO[C@@H]2O[C@H](CO)[C@H](O)C(O)C2O)[C@H](O)C(O)C1O)OC(=O)CCCCCCC/C=C/C/C=C/CCCCC. The number of ether oxygens (including phenoxy) is 6. The molecule has 0 aliphatic carbocycles. The number of aliphatic hydroxyl groups is 7. The van der Waals surface area contributed by atoms with E-state index in [1.54, 1.807) is 0 Å². The number of allylic oxidation sites excluding steroid dienone is 12. The molecule has 2 aliphatic rings. The Hall–Kier alpha value is -3.06. The molecule has 0 bridgehead atoms. The van der Waals surface area contributed by atoms with E-state index in [0.717, 1.165) is 83.5 Å². The zero-order valence-electron chi connectivity index (χ0n) is 39.6. The molecule has 0 radical (unpaired) electrons. The summed E-state index contributed by atoms with van der Waals surface area (Å²) in [5, 5.41) is 72.0. The van der Waals surface area contributed by atoms with Gasteiger partial charge in [-0.25, -0.2) is 0 Å². The van der Waals surface area contributed by atoms with E-state index < -0.39 is 99.3 Å². The Morgan fingerprint density at radius 2 is 0.955 bits per heavy atom. The second-order valence-electron chi connectivity index (χ2n) is 16.9. The molecule has 2 fully saturated rings. The molecule has 0 amide bonds. The van der Waals surface area contributed by atoms with Crippen LogP contribution < -0.4 is 0 Å². The maximum atomic E-state index is 13.0. The molecule has 2 aliphatic heterocycles. The molecule has 0 spiro atoms. The number of esters is 2. The lowest BCUT2D eigenvalue weighted by Gasteiger charge is -2.42. The zero-order chi connectivity index (χ0) is 48.2. The molecule has 0 aromatic carbocycles. The van der Waals surface area contributed by atoms with E-state index in [1.807, 2.05) is 0 Å². The summed E-state index contributed by atoms with van der Waals surface area (Å²) in [5.74, 6) is -0.998. The summed E-state index contributed by atoms with van der Waals surface area (Å²) in [6.45, 7) is 2.36. The van der Waals surface area contributed by atoms with Crippen molar-refractivity contribution in [2.24, 2.45) is 0 Å². The minimum atomic E-state index is -1.78. The Balaban J connectivity index is 1.86. The number of hydrogen-bond acceptors (Lipinski definition) is 15. The van der Waals surface area contributed by atoms with Crippen molar-refractivity contribution in [1.82, 2.24) is 0 Å². The first-order valence-corrected chi connectivity index (χ1v) is 24.5. The van der Waals surface area contributed by atoms with Crippen LogP contribution in [0.5, 0.6) is 0 Å². The van der Waals surface area contributed by atoms with Crippen molar-refractivity contribution in [2.45, 2.75) is 210 Å². The molecule has 2 rings (SSSR count). The van der Waals surface area contributed by atoms with E-state index in [4.69, 9.17) is 28.4 Å². The van der Waals surface area contributed by atoms with Crippen LogP contribution in [0.2, 0.25) is 0 Å². The van der Waals surface area contributed by atoms with Crippen LogP contribution in [-0.4, -0.2) is 142 Å². The monoisotopic (exact) mass is 937 g/mol. The predicted molar refractivity (Wildman–Crippen MR) is 252 cm³/mol. The number of carbonyl (C=O) groups excluding carboxylic acids is 2. The van der Waals surface area contributed by atoms with Gasteiger partial charge in [-0.2, -0.15) is 0 Å². The van der Waals surface area contributed by atoms with E-state index >= 15 is 0 Å². The van der Waals surface area contributed by atoms with Gasteiger partial charge in [-0.1, -0.05) is 119 Å². The molecule has 2 heterocycles. The van der Waals surface area contributed by atoms with Gasteiger partial charge >= 0.3 is 11.9 Å². The summed E-state index contributed by atoms with van der Waals surface area (Å²) in [6, 6.07) is 0. The fourth-order valence-corrected chi connectivity index (χ4v) is 7.12. The molecular weight excluding hydrogens is 853 g/mol. The third kappa shape index (κ3) is 25.9. The maximum absolute atomic E-state index is 13.0. The van der Waals surface area contributed by atoms with Gasteiger partial charge in [-0.15, -0.1) is 0 Å². The Morgan fingerprint density at radius 1 is 0.500 bits per heavy atom. The third-order valence-electron chi connectivity index (χ3n) is 11.2. The van der Waals surface area contributed by atoms with Crippen LogP contribution in [0, 0.1) is 0 Å². The van der Waals surface area contributed by atoms with Crippen LogP contribution in [-0.2, 0) is 38.0 Å². The summed E-state index contributed by atoms with van der Waals surface area (Å²) in [5.41, 5.74) is 0. The van der Waals surface area contributed by atoms with Crippen molar-refractivity contribution in [3.8, 4) is 0 Å². The van der Waals surface area contributed by atoms with E-state index in [2.05, 4.69) is 86.8 Å². The standard InChI is InChI=1S/C51H84O15/c1-3-5-7-9-11-13-15-17-19-21-23-25-27-29-31-33-42(53)61-36-39(64-43(54)34-32-30-28-26-24-22-20-18-16-14-12-10-8-6-4-2)37-62-50-49(60)47(58)45(56)41(66-50)38-63-51-48(59)46(57)44(55)40(35-52)65-51/h5,7,11-14,17-20,23,25,39-41,44-52,55-60H,3-4,6,8-10,15-16,21-22,24,26-38H2,1-2H3/b7-5+,13-11+,14-12+,19-17+,20-18+,25-23+/t39-,40-,41-,44+,45+,46?,47?,48?,49?,50-,51-/m1/s1. The number of aliphatic hydroxyl groups excluding tert-OH is 7. The Labute approximate surface area is 393 Å². The highest BCUT2D eigenvalue weighted by atomic mass is 16.7. The number of unbranched alkanes of at least 4 members (excludes halogenated alkanes) is 10. The van der Waals surface area contributed by atoms with Crippen molar-refractivity contribution in [3.05, 3.63) is 72.9 Å². The molecule has 4 unspecified atom stereocenters. The lowest BCUT2D eigenvalue weighted by Crippen LogP contribution is -2.61. The average molecular weight is 937 g/mol. The summed E-state index contributed by atoms with van der Waals surface area (Å²) < 4.78 is 33.5. The molecule has 378 valence electrons. The van der Waals surface area contributed by atoms with Crippen LogP contribution in [0.1, 0.15) is 142 Å². The highest BCUT2D eigenvalue weighted by Crippen LogP contribution is 2.26. The normalized spacial score (nSPS) is 26.8. The first-order valence-electron chi connectivity index (χ1n) is 24.5. The van der Waals surface area contributed by atoms with E-state index in [1.165, 1.54) is 19.3 Å². The minimum absolute atomic E-state index is 0.136. The Bertz CT molecular complexity index is 1430. The van der Waals surface area contributed by atoms with Crippen LogP contribution in [0.25, 0.3) is 0 Å². The molecule has 7 N–H and O–H groups in total. The van der Waals surface area contributed by atoms with Gasteiger partial charge in [-0.3, -0.25) is 9.59 Å². The smallest absolute Gasteiger partial charge is 0.306 e. The third-order valence-corrected chi connectivity index (χ3v) is 11.2. The van der Waals surface area contributed by atoms with Crippen molar-refractivity contribution < 1.29 is 73.8 Å². The Kier molecular flexibility index (Phi) is 33.9. The van der Waals surface area contributed by atoms with Crippen molar-refractivity contribution in [1.29, 1.82) is 0 Å². The van der Waals surface area contributed by atoms with Crippen LogP contribution in [0.4, 0.5) is 0 Å². The van der Waals surface area contributed by atoms with E-state index in [9.17, 15) is 45.3 Å². The largest absolute Gasteiger partial charge is 0.462 e. The van der Waals surface area contributed by atoms with Gasteiger partial charge in [-0.05, 0) is 83.5 Å². The predicted octanol–water partition coefficient (Wildman–Crippen LogP) is 6.26. The van der Waals surface area contributed by atoms with Gasteiger partial charge in [0.15, 0.2) is 18.7 Å². The number of rotatable bonds is 36. The van der Waals surface area contributed by atoms with Crippen LogP contribution in [0.15, 0.2) is 72.9 Å². The minimum Gasteiger partial charge on any atom is -0.462 e. The summed E-state index contributed by atoms with van der Waals surface area (Å²) >= 11 is 0. The summed E-state index contributed by atoms with van der Waals surface area (Å²) in [4.78, 5) is 25.7. The van der Waals surface area contributed by atoms with Gasteiger partial charge in [0.25, 0.3) is 0 Å². The maximum Gasteiger partial charge on any atom is 0.306 e. The molecule has 15 nitrogen and oxygen atoms in total. The zero-order valence-corrected chi connectivity index (χ0v) is 39.6.